The molecule has 2 heterocycles. The highest BCUT2D eigenvalue weighted by Crippen LogP contribution is 2.50. The van der Waals surface area contributed by atoms with Crippen molar-refractivity contribution in [3.63, 3.8) is 0 Å². The van der Waals surface area contributed by atoms with Crippen molar-refractivity contribution in [1.29, 1.82) is 0 Å². The molecule has 1 fully saturated rings. The van der Waals surface area contributed by atoms with E-state index in [1.54, 1.807) is 18.0 Å². The van der Waals surface area contributed by atoms with Crippen molar-refractivity contribution in [3.8, 4) is 0 Å². The maximum Gasteiger partial charge on any atom is 0.188 e. The van der Waals surface area contributed by atoms with E-state index in [2.05, 4.69) is 11.2 Å². The number of thioether (sulfide) groups is 2. The lowest BCUT2D eigenvalue weighted by Crippen LogP contribution is -2.15. The predicted molar refractivity (Wildman–Crippen MR) is 84.4 cm³/mol. The van der Waals surface area contributed by atoms with Crippen LogP contribution >= 0.6 is 23.5 Å². The Labute approximate surface area is 129 Å². The van der Waals surface area contributed by atoms with Crippen molar-refractivity contribution in [2.75, 3.05) is 12.4 Å². The number of aromatic nitrogens is 2. The Morgan fingerprint density at radius 2 is 2.35 bits per heavy atom. The Hall–Kier alpha value is -0.680. The summed E-state index contributed by atoms with van der Waals surface area (Å²) in [5.41, 5.74) is 1.40. The molecule has 108 valence electrons. The Morgan fingerprint density at radius 1 is 1.45 bits per heavy atom. The second kappa shape index (κ2) is 6.85. The van der Waals surface area contributed by atoms with E-state index in [1.165, 1.54) is 36.3 Å². The van der Waals surface area contributed by atoms with Crippen LogP contribution in [0.25, 0.3) is 0 Å². The first-order chi connectivity index (χ1) is 9.88. The fourth-order valence-corrected chi connectivity index (χ4v) is 5.00. The minimum Gasteiger partial charge on any atom is -0.502 e. The van der Waals surface area contributed by atoms with E-state index in [0.29, 0.717) is 5.92 Å². The van der Waals surface area contributed by atoms with Crippen molar-refractivity contribution in [2.45, 2.75) is 54.0 Å². The smallest absolute Gasteiger partial charge is 0.188 e. The van der Waals surface area contributed by atoms with Crippen LogP contribution < -0.4 is 0 Å². The summed E-state index contributed by atoms with van der Waals surface area (Å²) in [4.78, 5) is 9.26. The van der Waals surface area contributed by atoms with E-state index >= 15 is 0 Å². The van der Waals surface area contributed by atoms with Gasteiger partial charge in [0.25, 0.3) is 0 Å². The quantitative estimate of drug-likeness (QED) is 0.352. The van der Waals surface area contributed by atoms with Gasteiger partial charge in [0.1, 0.15) is 5.03 Å². The third kappa shape index (κ3) is 3.14. The molecule has 2 unspecified atom stereocenters. The summed E-state index contributed by atoms with van der Waals surface area (Å²) in [5.74, 6) is 1.57. The molecule has 0 N–H and O–H groups in total. The molecule has 1 aromatic heterocycles. The van der Waals surface area contributed by atoms with Crippen LogP contribution in [-0.2, 0) is 4.74 Å². The summed E-state index contributed by atoms with van der Waals surface area (Å²) in [6.45, 7) is 2.70. The van der Waals surface area contributed by atoms with Gasteiger partial charge in [-0.15, -0.1) is 11.8 Å². The molecule has 3 nitrogen and oxygen atoms in total. The van der Waals surface area contributed by atoms with E-state index in [9.17, 15) is 0 Å². The molecule has 1 aliphatic heterocycles. The van der Waals surface area contributed by atoms with Crippen LogP contribution in [0.5, 0.6) is 0 Å². The van der Waals surface area contributed by atoms with E-state index in [-0.39, 0.29) is 0 Å². The van der Waals surface area contributed by atoms with Gasteiger partial charge in [-0.3, -0.25) is 0 Å². The minimum absolute atomic E-state index is 0.709. The molecule has 20 heavy (non-hydrogen) atoms. The van der Waals surface area contributed by atoms with Crippen LogP contribution in [0.2, 0.25) is 0 Å². The molecule has 0 radical (unpaired) electrons. The first kappa shape index (κ1) is 14.3. The first-order valence-electron chi connectivity index (χ1n) is 7.31. The number of fused-ring (bicyclic) bond motifs is 3. The number of ether oxygens (including phenoxy) is 1. The summed E-state index contributed by atoms with van der Waals surface area (Å²) in [6.07, 6.45) is 11.2. The Balaban J connectivity index is 1.62. The lowest BCUT2D eigenvalue weighted by molar-refractivity contribution is 0.269. The predicted octanol–water partition coefficient (Wildman–Crippen LogP) is 4.25. The Bertz CT molecular complexity index is 493. The molecular weight excluding hydrogens is 288 g/mol. The number of hydrogen-bond acceptors (Lipinski definition) is 5. The maximum atomic E-state index is 5.17. The molecule has 1 saturated carbocycles. The van der Waals surface area contributed by atoms with Crippen molar-refractivity contribution in [1.82, 2.24) is 9.97 Å². The van der Waals surface area contributed by atoms with Gasteiger partial charge in [-0.05, 0) is 25.8 Å². The number of nitrogens with zero attached hydrogens (tertiary/aromatic N) is 2. The second-order valence-corrected chi connectivity index (χ2v) is 7.31. The third-order valence-electron chi connectivity index (χ3n) is 3.79. The number of hydrogen-bond donors (Lipinski definition) is 0. The molecule has 2 aliphatic rings. The van der Waals surface area contributed by atoms with E-state index in [0.717, 1.165) is 22.8 Å². The molecule has 0 saturated heterocycles. The average Bonchev–Trinajstić information content (AvgIpc) is 2.84. The molecule has 3 rings (SSSR count). The van der Waals surface area contributed by atoms with Crippen LogP contribution in [0.1, 0.15) is 44.1 Å². The van der Waals surface area contributed by atoms with Gasteiger partial charge in [-0.2, -0.15) is 0 Å². The fourth-order valence-electron chi connectivity index (χ4n) is 2.84. The third-order valence-corrected chi connectivity index (χ3v) is 6.02. The van der Waals surface area contributed by atoms with E-state index in [1.807, 2.05) is 24.8 Å². The standard InChI is InChI=1S/C15H20N2OS2/c1-2-18-8-5-9-19-15-16-10-12-11-6-3-4-7-13(11)20-14(12)17-15/h5,8,10-11,13H,2-4,6-7,9H2,1H3/b8-5+. The first-order valence-corrected chi connectivity index (χ1v) is 9.18. The second-order valence-electron chi connectivity index (χ2n) is 5.10. The highest BCUT2D eigenvalue weighted by molar-refractivity contribution is 8.00. The van der Waals surface area contributed by atoms with Crippen LogP contribution in [0.3, 0.4) is 0 Å². The lowest BCUT2D eigenvalue weighted by Gasteiger charge is -2.23. The lowest BCUT2D eigenvalue weighted by atomic mass is 9.85. The molecule has 0 spiro atoms. The highest BCUT2D eigenvalue weighted by Gasteiger charge is 2.36. The van der Waals surface area contributed by atoms with Crippen molar-refractivity contribution in [2.24, 2.45) is 0 Å². The zero-order valence-corrected chi connectivity index (χ0v) is 13.4. The number of rotatable bonds is 5. The molecule has 1 aromatic rings. The summed E-state index contributed by atoms with van der Waals surface area (Å²) in [5, 5.41) is 2.87. The van der Waals surface area contributed by atoms with Crippen molar-refractivity contribution < 1.29 is 4.74 Å². The molecule has 0 amide bonds. The molecule has 2 atom stereocenters. The Morgan fingerprint density at radius 3 is 3.25 bits per heavy atom. The average molecular weight is 308 g/mol. The van der Waals surface area contributed by atoms with Gasteiger partial charge in [0.05, 0.1) is 12.9 Å². The molecule has 5 heteroatoms. The van der Waals surface area contributed by atoms with Crippen LogP contribution in [-0.4, -0.2) is 27.6 Å². The van der Waals surface area contributed by atoms with Crippen LogP contribution in [0, 0.1) is 0 Å². The van der Waals surface area contributed by atoms with Crippen molar-refractivity contribution >= 4 is 23.5 Å². The van der Waals surface area contributed by atoms with Gasteiger partial charge >= 0.3 is 0 Å². The van der Waals surface area contributed by atoms with Gasteiger partial charge < -0.3 is 4.74 Å². The van der Waals surface area contributed by atoms with Gasteiger partial charge in [0, 0.05) is 28.7 Å². The van der Waals surface area contributed by atoms with Crippen LogP contribution in [0.4, 0.5) is 0 Å². The van der Waals surface area contributed by atoms with Gasteiger partial charge in [0.2, 0.25) is 0 Å². The molecular formula is C15H20N2OS2. The highest BCUT2D eigenvalue weighted by atomic mass is 32.2. The van der Waals surface area contributed by atoms with Gasteiger partial charge in [-0.25, -0.2) is 9.97 Å². The minimum atomic E-state index is 0.709. The Kier molecular flexibility index (Phi) is 4.89. The van der Waals surface area contributed by atoms with E-state index < -0.39 is 0 Å². The monoisotopic (exact) mass is 308 g/mol. The fraction of sp³-hybridized carbons (Fsp3) is 0.600. The molecule has 1 aliphatic carbocycles. The van der Waals surface area contributed by atoms with E-state index in [4.69, 9.17) is 9.72 Å². The zero-order chi connectivity index (χ0) is 13.8. The summed E-state index contributed by atoms with van der Waals surface area (Å²) < 4.78 is 5.17. The topological polar surface area (TPSA) is 35.0 Å². The summed E-state index contributed by atoms with van der Waals surface area (Å²) >= 11 is 3.64. The largest absolute Gasteiger partial charge is 0.502 e. The van der Waals surface area contributed by atoms with Gasteiger partial charge in [0.15, 0.2) is 5.16 Å². The molecule has 0 bridgehead atoms. The summed E-state index contributed by atoms with van der Waals surface area (Å²) in [6, 6.07) is 0. The van der Waals surface area contributed by atoms with Crippen LogP contribution in [0.15, 0.2) is 28.7 Å². The zero-order valence-electron chi connectivity index (χ0n) is 11.7. The van der Waals surface area contributed by atoms with Crippen molar-refractivity contribution in [3.05, 3.63) is 24.1 Å². The SMILES string of the molecule is CCO/C=C/CSc1ncc2c(n1)SC1CCCCC21. The maximum absolute atomic E-state index is 5.17. The summed E-state index contributed by atoms with van der Waals surface area (Å²) in [7, 11) is 0. The van der Waals surface area contributed by atoms with Gasteiger partial charge in [-0.1, -0.05) is 24.6 Å². The molecule has 0 aromatic carbocycles. The normalized spacial score (nSPS) is 24.6.